The third-order valence-electron chi connectivity index (χ3n) is 6.40. The monoisotopic (exact) mass is 342 g/mol. The van der Waals surface area contributed by atoms with Gasteiger partial charge < -0.3 is 23.7 Å². The Morgan fingerprint density at radius 3 is 1.28 bits per heavy atom. The van der Waals surface area contributed by atoms with E-state index in [4.69, 9.17) is 23.7 Å². The number of hydrogen-bond donors (Lipinski definition) is 0. The van der Waals surface area contributed by atoms with Crippen LogP contribution in [0, 0.1) is 10.8 Å². The van der Waals surface area contributed by atoms with Crippen LogP contribution in [0.25, 0.3) is 0 Å². The van der Waals surface area contributed by atoms with Gasteiger partial charge in [-0.25, -0.2) is 0 Å². The molecule has 6 rings (SSSR count). The molecule has 4 aliphatic heterocycles. The van der Waals surface area contributed by atoms with E-state index in [0.717, 1.165) is 50.8 Å². The third-order valence-corrected chi connectivity index (χ3v) is 6.40. The molecule has 0 radical (unpaired) electrons. The fourth-order valence-electron chi connectivity index (χ4n) is 4.39. The van der Waals surface area contributed by atoms with E-state index in [2.05, 4.69) is 36.5 Å². The summed E-state index contributed by atoms with van der Waals surface area (Å²) in [5.41, 5.74) is 0.0385. The maximum atomic E-state index is 6.10. The summed E-state index contributed by atoms with van der Waals surface area (Å²) in [6, 6.07) is 0. The molecule has 0 saturated carbocycles. The molecule has 4 unspecified atom stereocenters. The van der Waals surface area contributed by atoms with Crippen LogP contribution in [0.2, 0.25) is 0 Å². The molecule has 5 nitrogen and oxygen atoms in total. The number of ether oxygens (including phenoxy) is 5. The van der Waals surface area contributed by atoms with E-state index in [1.54, 1.807) is 0 Å². The summed E-state index contributed by atoms with van der Waals surface area (Å²) < 4.78 is 28.4. The van der Waals surface area contributed by atoms with Gasteiger partial charge in [-0.3, -0.25) is 0 Å². The van der Waals surface area contributed by atoms with E-state index in [0.29, 0.717) is 24.4 Å². The Hall–Kier alpha value is -1.40. The molecule has 25 heavy (non-hydrogen) atoms. The van der Waals surface area contributed by atoms with Gasteiger partial charge in [0.1, 0.15) is 11.5 Å². The topological polar surface area (TPSA) is 59.4 Å². The van der Waals surface area contributed by atoms with Crippen LogP contribution in [0.15, 0.2) is 48.0 Å². The number of hydrogen-bond acceptors (Lipinski definition) is 5. The molecule has 0 aromatic heterocycles. The minimum absolute atomic E-state index is 0.0193. The van der Waals surface area contributed by atoms with Crippen molar-refractivity contribution < 1.29 is 23.7 Å². The Morgan fingerprint density at radius 2 is 1.04 bits per heavy atom. The SMILES string of the molecule is C1=CC(C2CO2)(C2CO2)CC=C1OC1=CCC(C2CO2)(C2CO2)C=C1. The van der Waals surface area contributed by atoms with Gasteiger partial charge in [0.2, 0.25) is 0 Å². The van der Waals surface area contributed by atoms with Gasteiger partial charge in [0.25, 0.3) is 0 Å². The summed E-state index contributed by atoms with van der Waals surface area (Å²) in [6.07, 6.45) is 16.1. The summed E-state index contributed by atoms with van der Waals surface area (Å²) in [5, 5.41) is 0. The molecule has 0 amide bonds. The Kier molecular flexibility index (Phi) is 2.99. The first-order valence-corrected chi connectivity index (χ1v) is 9.22. The molecule has 4 saturated heterocycles. The van der Waals surface area contributed by atoms with Gasteiger partial charge in [-0.05, 0) is 37.1 Å². The highest BCUT2D eigenvalue weighted by Crippen LogP contribution is 2.50. The van der Waals surface area contributed by atoms with Crippen molar-refractivity contribution in [2.75, 3.05) is 26.4 Å². The predicted octanol–water partition coefficient (Wildman–Crippen LogP) is 2.26. The quantitative estimate of drug-likeness (QED) is 0.693. The molecule has 4 atom stereocenters. The summed E-state index contributed by atoms with van der Waals surface area (Å²) >= 11 is 0. The fraction of sp³-hybridized carbons (Fsp3) is 0.600. The lowest BCUT2D eigenvalue weighted by Crippen LogP contribution is -2.33. The minimum Gasteiger partial charge on any atom is -0.458 e. The summed E-state index contributed by atoms with van der Waals surface area (Å²) in [7, 11) is 0. The lowest BCUT2D eigenvalue weighted by atomic mass is 9.75. The molecule has 0 aromatic carbocycles. The van der Waals surface area contributed by atoms with Crippen LogP contribution in [0.4, 0.5) is 0 Å². The highest BCUT2D eigenvalue weighted by molar-refractivity contribution is 5.33. The van der Waals surface area contributed by atoms with E-state index in [-0.39, 0.29) is 10.8 Å². The molecular formula is C20H22O5. The predicted molar refractivity (Wildman–Crippen MR) is 88.6 cm³/mol. The van der Waals surface area contributed by atoms with Crippen molar-refractivity contribution in [3.63, 3.8) is 0 Å². The molecule has 0 aromatic rings. The van der Waals surface area contributed by atoms with Crippen molar-refractivity contribution in [3.8, 4) is 0 Å². The maximum Gasteiger partial charge on any atom is 0.123 e. The first-order valence-electron chi connectivity index (χ1n) is 9.22. The molecule has 2 aliphatic carbocycles. The van der Waals surface area contributed by atoms with Crippen LogP contribution in [0.1, 0.15) is 12.8 Å². The summed E-state index contributed by atoms with van der Waals surface area (Å²) in [6.45, 7) is 3.38. The molecule has 0 N–H and O–H groups in total. The van der Waals surface area contributed by atoms with Crippen LogP contribution in [0.5, 0.6) is 0 Å². The zero-order chi connectivity index (χ0) is 16.5. The Labute approximate surface area is 146 Å². The molecule has 0 bridgehead atoms. The average molecular weight is 342 g/mol. The first-order chi connectivity index (χ1) is 12.3. The van der Waals surface area contributed by atoms with Crippen LogP contribution in [0.3, 0.4) is 0 Å². The van der Waals surface area contributed by atoms with E-state index in [1.165, 1.54) is 0 Å². The van der Waals surface area contributed by atoms with E-state index in [9.17, 15) is 0 Å². The zero-order valence-corrected chi connectivity index (χ0v) is 14.1. The third kappa shape index (κ3) is 2.45. The Bertz CT molecular complexity index is 618. The van der Waals surface area contributed by atoms with E-state index in [1.807, 2.05) is 0 Å². The molecular weight excluding hydrogens is 320 g/mol. The van der Waals surface area contributed by atoms with E-state index < -0.39 is 0 Å². The van der Waals surface area contributed by atoms with Gasteiger partial charge in [0.15, 0.2) is 0 Å². The molecule has 132 valence electrons. The summed E-state index contributed by atoms with van der Waals surface area (Å²) in [4.78, 5) is 0. The molecule has 0 spiro atoms. The van der Waals surface area contributed by atoms with Crippen LogP contribution in [-0.2, 0) is 23.7 Å². The van der Waals surface area contributed by atoms with E-state index >= 15 is 0 Å². The molecule has 5 heteroatoms. The molecule has 4 heterocycles. The second-order valence-corrected chi connectivity index (χ2v) is 7.90. The maximum absolute atomic E-state index is 6.10. The zero-order valence-electron chi connectivity index (χ0n) is 14.1. The number of allylic oxidation sites excluding steroid dienone is 4. The van der Waals surface area contributed by atoms with Crippen LogP contribution < -0.4 is 0 Å². The fourth-order valence-corrected chi connectivity index (χ4v) is 4.39. The van der Waals surface area contributed by atoms with Gasteiger partial charge in [-0.15, -0.1) is 0 Å². The van der Waals surface area contributed by atoms with Gasteiger partial charge in [-0.2, -0.15) is 0 Å². The number of rotatable bonds is 6. The van der Waals surface area contributed by atoms with Gasteiger partial charge >= 0.3 is 0 Å². The standard InChI is InChI=1S/C20H22O5/c1-5-19(15-9-21-15,16-10-22-16)6-2-13(1)25-14-3-7-20(8-4-14,17-11-23-17)18-12-24-18/h1-5,7,15-18H,6,8-12H2. The normalized spacial score (nSPS) is 49.3. The van der Waals surface area contributed by atoms with Crippen molar-refractivity contribution in [2.45, 2.75) is 37.3 Å². The second kappa shape index (κ2) is 5.07. The first kappa shape index (κ1) is 14.7. The van der Waals surface area contributed by atoms with Gasteiger partial charge in [-0.1, -0.05) is 12.2 Å². The highest BCUT2D eigenvalue weighted by atomic mass is 16.6. The van der Waals surface area contributed by atoms with Crippen LogP contribution >= 0.6 is 0 Å². The minimum atomic E-state index is 0.0193. The van der Waals surface area contributed by atoms with Crippen LogP contribution in [-0.4, -0.2) is 50.8 Å². The van der Waals surface area contributed by atoms with Crippen molar-refractivity contribution in [1.29, 1.82) is 0 Å². The lowest BCUT2D eigenvalue weighted by Gasteiger charge is -2.30. The number of epoxide rings is 4. The largest absolute Gasteiger partial charge is 0.458 e. The van der Waals surface area contributed by atoms with Crippen molar-refractivity contribution in [1.82, 2.24) is 0 Å². The second-order valence-electron chi connectivity index (χ2n) is 7.90. The Balaban J connectivity index is 1.14. The smallest absolute Gasteiger partial charge is 0.123 e. The van der Waals surface area contributed by atoms with Crippen molar-refractivity contribution >= 4 is 0 Å². The van der Waals surface area contributed by atoms with Crippen molar-refractivity contribution in [2.24, 2.45) is 10.8 Å². The average Bonchev–Trinajstić information content (AvgIpc) is 3.50. The molecule has 6 aliphatic rings. The molecule has 4 fully saturated rings. The summed E-state index contributed by atoms with van der Waals surface area (Å²) in [5.74, 6) is 1.82. The van der Waals surface area contributed by atoms with Gasteiger partial charge in [0, 0.05) is 10.8 Å². The lowest BCUT2D eigenvalue weighted by molar-refractivity contribution is 0.183. The Morgan fingerprint density at radius 1 is 0.680 bits per heavy atom. The highest BCUT2D eigenvalue weighted by Gasteiger charge is 2.57. The van der Waals surface area contributed by atoms with Gasteiger partial charge in [0.05, 0.1) is 50.8 Å². The van der Waals surface area contributed by atoms with Crippen molar-refractivity contribution in [3.05, 3.63) is 48.0 Å².